The van der Waals surface area contributed by atoms with Crippen molar-refractivity contribution in [2.24, 2.45) is 11.8 Å². The largest absolute Gasteiger partial charge is 0.493 e. The molecule has 29 heavy (non-hydrogen) atoms. The quantitative estimate of drug-likeness (QED) is 0.338. The van der Waals surface area contributed by atoms with Gasteiger partial charge in [0.05, 0.1) is 6.61 Å². The Bertz CT molecular complexity index is 768. The molecule has 0 aliphatic heterocycles. The van der Waals surface area contributed by atoms with E-state index in [0.29, 0.717) is 0 Å². The Kier molecular flexibility index (Phi) is 8.69. The third-order valence-electron chi connectivity index (χ3n) is 6.26. The first-order chi connectivity index (χ1) is 14.3. The fraction of sp³-hybridized carbons (Fsp3) is 0.500. The van der Waals surface area contributed by atoms with Crippen LogP contribution in [0.4, 0.5) is 0 Å². The minimum Gasteiger partial charge on any atom is -0.493 e. The summed E-state index contributed by atoms with van der Waals surface area (Å²) in [6.45, 7) is 5.41. The Hall–Kier alpha value is -2.20. The monoisotopic (exact) mass is 388 g/mol. The maximum Gasteiger partial charge on any atom is 0.119 e. The van der Waals surface area contributed by atoms with Gasteiger partial charge in [0.2, 0.25) is 0 Å². The van der Waals surface area contributed by atoms with Crippen molar-refractivity contribution in [2.75, 3.05) is 6.61 Å². The van der Waals surface area contributed by atoms with Crippen molar-refractivity contribution in [1.29, 1.82) is 0 Å². The van der Waals surface area contributed by atoms with Crippen molar-refractivity contribution in [2.45, 2.75) is 71.6 Å². The van der Waals surface area contributed by atoms with Gasteiger partial charge >= 0.3 is 0 Å². The lowest BCUT2D eigenvalue weighted by Crippen LogP contribution is -2.19. The molecule has 0 heterocycles. The summed E-state index contributed by atoms with van der Waals surface area (Å²) in [6, 6.07) is 16.9. The Morgan fingerprint density at radius 2 is 1.34 bits per heavy atom. The minimum atomic E-state index is 0.724. The zero-order valence-electron chi connectivity index (χ0n) is 18.3. The number of rotatable bonds is 8. The summed E-state index contributed by atoms with van der Waals surface area (Å²) < 4.78 is 6.04. The van der Waals surface area contributed by atoms with Crippen molar-refractivity contribution in [3.05, 3.63) is 65.2 Å². The molecule has 0 spiro atoms. The van der Waals surface area contributed by atoms with Gasteiger partial charge in [0, 0.05) is 11.1 Å². The molecule has 1 aliphatic carbocycles. The van der Waals surface area contributed by atoms with Gasteiger partial charge in [0.1, 0.15) is 5.75 Å². The number of unbranched alkanes of at least 4 members (excludes halogenated alkanes) is 2. The maximum absolute atomic E-state index is 6.04. The molecular formula is C28H36O. The van der Waals surface area contributed by atoms with E-state index in [0.717, 1.165) is 35.3 Å². The summed E-state index contributed by atoms with van der Waals surface area (Å²) in [5.41, 5.74) is 3.52. The molecule has 1 fully saturated rings. The molecule has 1 aliphatic rings. The first-order valence-electron chi connectivity index (χ1n) is 11.6. The second kappa shape index (κ2) is 11.7. The van der Waals surface area contributed by atoms with Crippen molar-refractivity contribution >= 4 is 0 Å². The van der Waals surface area contributed by atoms with Gasteiger partial charge in [-0.2, -0.15) is 0 Å². The van der Waals surface area contributed by atoms with Gasteiger partial charge in [-0.05, 0) is 79.5 Å². The highest BCUT2D eigenvalue weighted by molar-refractivity contribution is 5.44. The van der Waals surface area contributed by atoms with Gasteiger partial charge in [-0.3, -0.25) is 0 Å². The third kappa shape index (κ3) is 7.28. The van der Waals surface area contributed by atoms with E-state index in [1.807, 2.05) is 0 Å². The highest BCUT2D eigenvalue weighted by Crippen LogP contribution is 2.31. The third-order valence-corrected chi connectivity index (χ3v) is 6.26. The maximum atomic E-state index is 6.04. The molecule has 1 heteroatoms. The average Bonchev–Trinajstić information content (AvgIpc) is 2.78. The van der Waals surface area contributed by atoms with Gasteiger partial charge in [-0.25, -0.2) is 0 Å². The molecule has 1 nitrogen and oxygen atoms in total. The normalized spacial score (nSPS) is 18.7. The highest BCUT2D eigenvalue weighted by Gasteiger charge is 2.20. The van der Waals surface area contributed by atoms with Crippen LogP contribution in [-0.2, 0) is 6.42 Å². The van der Waals surface area contributed by atoms with Crippen LogP contribution in [0.5, 0.6) is 5.75 Å². The lowest BCUT2D eigenvalue weighted by molar-refractivity contribution is 0.181. The number of benzene rings is 2. The van der Waals surface area contributed by atoms with Gasteiger partial charge in [0.25, 0.3) is 0 Å². The second-order valence-electron chi connectivity index (χ2n) is 8.53. The molecule has 1 saturated carbocycles. The van der Waals surface area contributed by atoms with Crippen LogP contribution >= 0.6 is 0 Å². The average molecular weight is 389 g/mol. The van der Waals surface area contributed by atoms with Gasteiger partial charge in [-0.1, -0.05) is 69.9 Å². The zero-order valence-corrected chi connectivity index (χ0v) is 18.3. The van der Waals surface area contributed by atoms with E-state index in [4.69, 9.17) is 4.74 Å². The summed E-state index contributed by atoms with van der Waals surface area (Å²) in [5, 5.41) is 0. The molecule has 154 valence electrons. The van der Waals surface area contributed by atoms with Crippen LogP contribution in [0.15, 0.2) is 48.5 Å². The van der Waals surface area contributed by atoms with Crippen LogP contribution in [0.3, 0.4) is 0 Å². The fourth-order valence-electron chi connectivity index (χ4n) is 4.13. The van der Waals surface area contributed by atoms with E-state index in [-0.39, 0.29) is 0 Å². The molecule has 0 bridgehead atoms. The van der Waals surface area contributed by atoms with E-state index < -0.39 is 0 Å². The molecule has 0 radical (unpaired) electrons. The molecular weight excluding hydrogens is 352 g/mol. The first kappa shape index (κ1) is 21.5. The standard InChI is InChI=1S/C28H36O/c1-3-5-6-7-24-10-12-25(13-11-24)14-15-26-18-20-28(21-19-26)29-22-27-16-8-23(4-2)9-17-27/h10-13,18-21,23,27H,3-9,16-17,22H2,1-2H3. The molecule has 3 rings (SSSR count). The predicted molar refractivity (Wildman–Crippen MR) is 123 cm³/mol. The van der Waals surface area contributed by atoms with Crippen molar-refractivity contribution < 1.29 is 4.74 Å². The Morgan fingerprint density at radius 1 is 0.759 bits per heavy atom. The Labute approximate surface area is 177 Å². The summed E-state index contributed by atoms with van der Waals surface area (Å²) in [5.74, 6) is 9.18. The van der Waals surface area contributed by atoms with E-state index in [1.165, 1.54) is 63.4 Å². The van der Waals surface area contributed by atoms with Gasteiger partial charge in [0.15, 0.2) is 0 Å². The highest BCUT2D eigenvalue weighted by atomic mass is 16.5. The topological polar surface area (TPSA) is 9.23 Å². The molecule has 0 amide bonds. The van der Waals surface area contributed by atoms with Crippen LogP contribution in [0.25, 0.3) is 0 Å². The van der Waals surface area contributed by atoms with Crippen LogP contribution < -0.4 is 4.74 Å². The van der Waals surface area contributed by atoms with Crippen LogP contribution in [-0.4, -0.2) is 6.61 Å². The molecule has 0 unspecified atom stereocenters. The smallest absolute Gasteiger partial charge is 0.119 e. The second-order valence-corrected chi connectivity index (χ2v) is 8.53. The number of hydrogen-bond donors (Lipinski definition) is 0. The summed E-state index contributed by atoms with van der Waals surface area (Å²) >= 11 is 0. The minimum absolute atomic E-state index is 0.724. The molecule has 2 aromatic rings. The predicted octanol–water partition coefficient (Wildman–Crippen LogP) is 7.41. The number of aryl methyl sites for hydroxylation is 1. The molecule has 0 N–H and O–H groups in total. The van der Waals surface area contributed by atoms with Crippen molar-refractivity contribution in [3.8, 4) is 17.6 Å². The van der Waals surface area contributed by atoms with Crippen molar-refractivity contribution in [3.63, 3.8) is 0 Å². The summed E-state index contributed by atoms with van der Waals surface area (Å²) in [6.07, 6.45) is 11.7. The summed E-state index contributed by atoms with van der Waals surface area (Å²) in [4.78, 5) is 0. The Morgan fingerprint density at radius 3 is 1.93 bits per heavy atom. The summed E-state index contributed by atoms with van der Waals surface area (Å²) in [7, 11) is 0. The van der Waals surface area contributed by atoms with Gasteiger partial charge in [-0.15, -0.1) is 0 Å². The van der Waals surface area contributed by atoms with E-state index in [1.54, 1.807) is 0 Å². The SMILES string of the molecule is CCCCCc1ccc(C#Cc2ccc(OCC3CCC(CC)CC3)cc2)cc1. The zero-order chi connectivity index (χ0) is 20.3. The van der Waals surface area contributed by atoms with Gasteiger partial charge < -0.3 is 4.74 Å². The molecule has 0 aromatic heterocycles. The first-order valence-corrected chi connectivity index (χ1v) is 11.6. The molecule has 0 saturated heterocycles. The Balaban J connectivity index is 1.46. The van der Waals surface area contributed by atoms with E-state index in [9.17, 15) is 0 Å². The fourth-order valence-corrected chi connectivity index (χ4v) is 4.13. The van der Waals surface area contributed by atoms with Crippen LogP contribution in [0.1, 0.15) is 81.9 Å². The number of ether oxygens (including phenoxy) is 1. The van der Waals surface area contributed by atoms with E-state index in [2.05, 4.69) is 74.2 Å². The molecule has 2 aromatic carbocycles. The lowest BCUT2D eigenvalue weighted by atomic mass is 9.81. The van der Waals surface area contributed by atoms with Crippen molar-refractivity contribution in [1.82, 2.24) is 0 Å². The van der Waals surface area contributed by atoms with Crippen LogP contribution in [0, 0.1) is 23.7 Å². The lowest BCUT2D eigenvalue weighted by Gasteiger charge is -2.27. The van der Waals surface area contributed by atoms with E-state index >= 15 is 0 Å². The number of hydrogen-bond acceptors (Lipinski definition) is 1. The molecule has 0 atom stereocenters. The van der Waals surface area contributed by atoms with Crippen LogP contribution in [0.2, 0.25) is 0 Å².